The second-order valence-corrected chi connectivity index (χ2v) is 17.4. The van der Waals surface area contributed by atoms with Gasteiger partial charge in [-0.25, -0.2) is 0 Å². The summed E-state index contributed by atoms with van der Waals surface area (Å²) in [5, 5.41) is 5.70. The van der Waals surface area contributed by atoms with Gasteiger partial charge in [-0.15, -0.1) is 56.9 Å². The molecular weight excluding hydrogens is 432 g/mol. The molecule has 0 aliphatic rings. The van der Waals surface area contributed by atoms with Gasteiger partial charge in [-0.05, 0) is 13.8 Å². The largest absolute Gasteiger partial charge is 0.156 e. The zero-order valence-corrected chi connectivity index (χ0v) is 22.1. The van der Waals surface area contributed by atoms with Crippen molar-refractivity contribution in [2.24, 2.45) is 0 Å². The summed E-state index contributed by atoms with van der Waals surface area (Å²) < 4.78 is 0. The smallest absolute Gasteiger partial charge is 0.0488 e. The van der Waals surface area contributed by atoms with E-state index in [1.54, 1.807) is 23.3 Å². The Labute approximate surface area is 186 Å². The number of benzene rings is 2. The first kappa shape index (κ1) is 23.0. The zero-order chi connectivity index (χ0) is 21.0. The Bertz CT molecular complexity index is 1020. The minimum absolute atomic E-state index is 0.210. The van der Waals surface area contributed by atoms with Gasteiger partial charge < -0.3 is 0 Å². The molecule has 4 aromatic carbocycles. The first-order valence-electron chi connectivity index (χ1n) is 9.89. The Kier molecular flexibility index (Phi) is 8.22. The molecule has 28 heavy (non-hydrogen) atoms. The fourth-order valence-corrected chi connectivity index (χ4v) is 3.73. The Morgan fingerprint density at radius 3 is 1.14 bits per heavy atom. The molecule has 0 heterocycles. The molecule has 0 fully saturated rings. The fourth-order valence-electron chi connectivity index (χ4n) is 3.73. The molecule has 0 saturated heterocycles. The Hall–Kier alpha value is -1.24. The quantitative estimate of drug-likeness (QED) is 0.185. The number of hydrogen-bond acceptors (Lipinski definition) is 0. The summed E-state index contributed by atoms with van der Waals surface area (Å²) in [5.74, 6) is 0. The standard InChI is InChI=1S/2C12H13.C2H6Si.Zr/c2*1-8-4-5-9(2)12-10(3)6-7-11(8)12;1-3-2;/h2*4-7H,1-3H3;1-2H3;/q2*-1;;+2. The van der Waals surface area contributed by atoms with Crippen molar-refractivity contribution in [3.63, 3.8) is 0 Å². The van der Waals surface area contributed by atoms with Gasteiger partial charge in [0.15, 0.2) is 0 Å². The Balaban J connectivity index is 0.000000169. The maximum Gasteiger partial charge on any atom is -0.0488 e. The Morgan fingerprint density at radius 1 is 0.571 bits per heavy atom. The van der Waals surface area contributed by atoms with Crippen molar-refractivity contribution in [2.45, 2.75) is 54.6 Å². The van der Waals surface area contributed by atoms with Gasteiger partial charge in [0.25, 0.3) is 0 Å². The second kappa shape index (κ2) is 9.99. The van der Waals surface area contributed by atoms with Crippen LogP contribution in [0.4, 0.5) is 0 Å². The van der Waals surface area contributed by atoms with E-state index in [-0.39, 0.29) is 5.43 Å². The molecule has 0 aliphatic carbocycles. The van der Waals surface area contributed by atoms with E-state index >= 15 is 0 Å². The minimum Gasteiger partial charge on any atom is -0.156 e. The normalized spacial score (nSPS) is 10.4. The van der Waals surface area contributed by atoms with Gasteiger partial charge in [-0.1, -0.05) is 51.0 Å². The molecule has 0 saturated carbocycles. The Morgan fingerprint density at radius 2 is 0.857 bits per heavy atom. The van der Waals surface area contributed by atoms with Crippen molar-refractivity contribution in [3.8, 4) is 0 Å². The van der Waals surface area contributed by atoms with Crippen molar-refractivity contribution >= 4 is 27.0 Å². The molecule has 0 spiro atoms. The molecule has 0 N–H and O–H groups in total. The van der Waals surface area contributed by atoms with E-state index in [1.807, 2.05) is 0 Å². The van der Waals surface area contributed by atoms with Crippen molar-refractivity contribution < 1.29 is 23.3 Å². The summed E-state index contributed by atoms with van der Waals surface area (Å²) in [4.78, 5) is 0. The molecule has 0 bridgehead atoms. The third-order valence-corrected chi connectivity index (χ3v) is 5.13. The number of fused-ring (bicyclic) bond motifs is 2. The third-order valence-electron chi connectivity index (χ3n) is 5.13. The molecule has 2 heteroatoms. The fraction of sp³-hybridized carbons (Fsp3) is 0.308. The van der Waals surface area contributed by atoms with Crippen LogP contribution in [0.25, 0.3) is 21.5 Å². The van der Waals surface area contributed by atoms with Crippen LogP contribution in [0.5, 0.6) is 0 Å². The van der Waals surface area contributed by atoms with Crippen LogP contribution in [0.2, 0.25) is 13.1 Å². The summed E-state index contributed by atoms with van der Waals surface area (Å²) in [6, 6.07) is 17.6. The molecule has 4 rings (SSSR count). The van der Waals surface area contributed by atoms with Crippen LogP contribution < -0.4 is 0 Å². The molecule has 0 aromatic heterocycles. The average molecular weight is 464 g/mol. The summed E-state index contributed by atoms with van der Waals surface area (Å²) in [6.45, 7) is 17.7. The van der Waals surface area contributed by atoms with Gasteiger partial charge in [0.1, 0.15) is 0 Å². The second-order valence-electron chi connectivity index (χ2n) is 8.01. The van der Waals surface area contributed by atoms with Crippen LogP contribution in [-0.2, 0) is 23.3 Å². The van der Waals surface area contributed by atoms with E-state index in [9.17, 15) is 0 Å². The molecule has 0 unspecified atom stereocenters. The molecule has 0 nitrogen and oxygen atoms in total. The summed E-state index contributed by atoms with van der Waals surface area (Å²) in [6.07, 6.45) is 0. The van der Waals surface area contributed by atoms with Crippen LogP contribution in [0.15, 0.2) is 48.5 Å². The topological polar surface area (TPSA) is 0 Å². The molecule has 144 valence electrons. The average Bonchev–Trinajstić information content (AvgIpc) is 3.20. The third kappa shape index (κ3) is 5.43. The zero-order valence-electron chi connectivity index (χ0n) is 18.6. The van der Waals surface area contributed by atoms with Gasteiger partial charge in [0, 0.05) is 0 Å². The molecule has 0 amide bonds. The first-order valence-corrected chi connectivity index (χ1v) is 16.1. The summed E-state index contributed by atoms with van der Waals surface area (Å²) >= 11 is 1.74. The number of hydrogen-bond donors (Lipinski definition) is 0. The van der Waals surface area contributed by atoms with Gasteiger partial charge >= 0.3 is 41.9 Å². The summed E-state index contributed by atoms with van der Waals surface area (Å²) in [5.41, 5.74) is 8.53. The van der Waals surface area contributed by atoms with Gasteiger partial charge in [-0.2, -0.15) is 23.3 Å². The maximum atomic E-state index is 2.31. The first-order chi connectivity index (χ1) is 13.1. The molecule has 0 atom stereocenters. The number of aryl methyl sites for hydroxylation is 6. The number of rotatable bonds is 0. The molecule has 0 radical (unpaired) electrons. The van der Waals surface area contributed by atoms with Gasteiger partial charge in [-0.3, -0.25) is 0 Å². The maximum absolute atomic E-state index is 2.31. The molecule has 0 aliphatic heterocycles. The van der Waals surface area contributed by atoms with Crippen LogP contribution in [0, 0.1) is 41.5 Å². The van der Waals surface area contributed by atoms with E-state index in [4.69, 9.17) is 0 Å². The van der Waals surface area contributed by atoms with Gasteiger partial charge in [0.05, 0.1) is 0 Å². The van der Waals surface area contributed by atoms with Crippen LogP contribution in [0.3, 0.4) is 0 Å². The predicted octanol–water partition coefficient (Wildman–Crippen LogP) is 7.75. The van der Waals surface area contributed by atoms with E-state index in [0.29, 0.717) is 0 Å². The van der Waals surface area contributed by atoms with Crippen LogP contribution in [0.1, 0.15) is 33.4 Å². The predicted molar refractivity (Wildman–Crippen MR) is 125 cm³/mol. The van der Waals surface area contributed by atoms with E-state index in [1.165, 1.54) is 54.9 Å². The van der Waals surface area contributed by atoms with Gasteiger partial charge in [0.2, 0.25) is 0 Å². The van der Waals surface area contributed by atoms with Crippen molar-refractivity contribution in [2.75, 3.05) is 0 Å². The van der Waals surface area contributed by atoms with E-state index in [2.05, 4.69) is 103 Å². The van der Waals surface area contributed by atoms with Crippen LogP contribution in [-0.4, -0.2) is 5.43 Å². The monoisotopic (exact) mass is 462 g/mol. The SMILES string of the molecule is C[Si](C)=[Zr+2].Cc1ccc(C)c2c(C)c[cH-]c12.Cc1ccc(C)c2c(C)c[cH-]c12. The van der Waals surface area contributed by atoms with Crippen molar-refractivity contribution in [3.05, 3.63) is 81.9 Å². The van der Waals surface area contributed by atoms with E-state index < -0.39 is 0 Å². The van der Waals surface area contributed by atoms with Crippen LogP contribution >= 0.6 is 0 Å². The minimum atomic E-state index is 0.210. The van der Waals surface area contributed by atoms with Crippen molar-refractivity contribution in [1.29, 1.82) is 0 Å². The molecular formula is C26H32SiZr. The summed E-state index contributed by atoms with van der Waals surface area (Å²) in [7, 11) is 0. The van der Waals surface area contributed by atoms with E-state index in [0.717, 1.165) is 0 Å². The van der Waals surface area contributed by atoms with Crippen molar-refractivity contribution in [1.82, 2.24) is 0 Å². The molecule has 4 aromatic rings.